The molecule has 2 heterocycles. The summed E-state index contributed by atoms with van der Waals surface area (Å²) in [6, 6.07) is 1.47. The van der Waals surface area contributed by atoms with E-state index in [9.17, 15) is 0 Å². The Kier molecular flexibility index (Phi) is 2.16. The van der Waals surface area contributed by atoms with Crippen LogP contribution in [-0.2, 0) is 0 Å². The van der Waals surface area contributed by atoms with Gasteiger partial charge >= 0.3 is 0 Å². The summed E-state index contributed by atoms with van der Waals surface area (Å²) >= 11 is 11.4. The van der Waals surface area contributed by atoms with Crippen LogP contribution in [0.2, 0.25) is 10.3 Å². The maximum absolute atomic E-state index is 5.69. The van der Waals surface area contributed by atoms with Crippen LogP contribution < -0.4 is 0 Å². The summed E-state index contributed by atoms with van der Waals surface area (Å²) in [7, 11) is 0. The van der Waals surface area contributed by atoms with E-state index in [1.807, 2.05) is 0 Å². The second-order valence-electron chi connectivity index (χ2n) is 2.27. The Bertz CT molecular complexity index is 392. The molecule has 6 heteroatoms. The summed E-state index contributed by atoms with van der Waals surface area (Å²) in [5.41, 5.74) is 0. The van der Waals surface area contributed by atoms with Gasteiger partial charge in [-0.3, -0.25) is 0 Å². The molecule has 13 heavy (non-hydrogen) atoms. The van der Waals surface area contributed by atoms with Crippen LogP contribution in [0.25, 0.3) is 11.6 Å². The highest BCUT2D eigenvalue weighted by Gasteiger charge is 2.05. The van der Waals surface area contributed by atoms with E-state index in [-0.39, 0.29) is 0 Å². The Morgan fingerprint density at radius 1 is 1.15 bits per heavy atom. The van der Waals surface area contributed by atoms with E-state index in [2.05, 4.69) is 19.9 Å². The zero-order valence-electron chi connectivity index (χ0n) is 6.33. The second kappa shape index (κ2) is 3.32. The van der Waals surface area contributed by atoms with Crippen molar-refractivity contribution < 1.29 is 0 Å². The molecule has 2 aromatic heterocycles. The number of H-pyrrole nitrogens is 1. The first-order valence-electron chi connectivity index (χ1n) is 3.45. The standard InChI is InChI=1S/C7H4Cl2N4/c8-4-3-5(9)13-7(12-4)6-10-1-2-11-6/h1-3H,(H,10,11). The van der Waals surface area contributed by atoms with Gasteiger partial charge < -0.3 is 4.98 Å². The van der Waals surface area contributed by atoms with Gasteiger partial charge in [-0.2, -0.15) is 0 Å². The average Bonchev–Trinajstić information content (AvgIpc) is 2.53. The van der Waals surface area contributed by atoms with Crippen molar-refractivity contribution >= 4 is 23.2 Å². The molecule has 0 spiro atoms. The number of aromatic amines is 1. The lowest BCUT2D eigenvalue weighted by molar-refractivity contribution is 1.12. The Balaban J connectivity index is 2.53. The molecule has 0 saturated carbocycles. The smallest absolute Gasteiger partial charge is 0.198 e. The fraction of sp³-hybridized carbons (Fsp3) is 0. The van der Waals surface area contributed by atoms with E-state index in [4.69, 9.17) is 23.2 Å². The predicted molar refractivity (Wildman–Crippen MR) is 49.6 cm³/mol. The van der Waals surface area contributed by atoms with E-state index in [1.165, 1.54) is 6.07 Å². The SMILES string of the molecule is Clc1cc(Cl)nc(-c2ncc[nH]2)n1. The van der Waals surface area contributed by atoms with Crippen molar-refractivity contribution in [2.45, 2.75) is 0 Å². The molecule has 1 N–H and O–H groups in total. The number of halogens is 2. The largest absolute Gasteiger partial charge is 0.342 e. The van der Waals surface area contributed by atoms with E-state index in [1.54, 1.807) is 12.4 Å². The molecule has 2 aromatic rings. The van der Waals surface area contributed by atoms with Crippen molar-refractivity contribution in [2.24, 2.45) is 0 Å². The molecule has 0 bridgehead atoms. The van der Waals surface area contributed by atoms with Crippen LogP contribution in [0.15, 0.2) is 18.5 Å². The second-order valence-corrected chi connectivity index (χ2v) is 3.05. The van der Waals surface area contributed by atoms with Gasteiger partial charge in [0.1, 0.15) is 10.3 Å². The lowest BCUT2D eigenvalue weighted by atomic mass is 10.5. The maximum Gasteiger partial charge on any atom is 0.198 e. The van der Waals surface area contributed by atoms with Gasteiger partial charge in [-0.05, 0) is 0 Å². The topological polar surface area (TPSA) is 54.5 Å². The minimum Gasteiger partial charge on any atom is -0.342 e. The Labute approximate surface area is 84.0 Å². The highest BCUT2D eigenvalue weighted by atomic mass is 35.5. The Morgan fingerprint density at radius 3 is 2.38 bits per heavy atom. The summed E-state index contributed by atoms with van der Waals surface area (Å²) in [5.74, 6) is 0.937. The highest BCUT2D eigenvalue weighted by Crippen LogP contribution is 2.16. The van der Waals surface area contributed by atoms with Crippen LogP contribution in [0.4, 0.5) is 0 Å². The number of nitrogens with one attached hydrogen (secondary N) is 1. The average molecular weight is 215 g/mol. The van der Waals surface area contributed by atoms with Crippen LogP contribution in [0.5, 0.6) is 0 Å². The van der Waals surface area contributed by atoms with E-state index in [0.717, 1.165) is 0 Å². The van der Waals surface area contributed by atoms with E-state index < -0.39 is 0 Å². The van der Waals surface area contributed by atoms with Gasteiger partial charge in [-0.25, -0.2) is 15.0 Å². The number of nitrogens with zero attached hydrogens (tertiary/aromatic N) is 3. The fourth-order valence-corrected chi connectivity index (χ4v) is 1.31. The predicted octanol–water partition coefficient (Wildman–Crippen LogP) is 2.17. The quantitative estimate of drug-likeness (QED) is 0.741. The number of aromatic nitrogens is 4. The molecule has 0 saturated heterocycles. The molecule has 0 radical (unpaired) electrons. The summed E-state index contributed by atoms with van der Waals surface area (Å²) in [6.45, 7) is 0. The van der Waals surface area contributed by atoms with E-state index in [0.29, 0.717) is 22.0 Å². The lowest BCUT2D eigenvalue weighted by Gasteiger charge is -1.96. The number of hydrogen-bond donors (Lipinski definition) is 1. The summed E-state index contributed by atoms with van der Waals surface area (Å²) in [6.07, 6.45) is 3.28. The van der Waals surface area contributed by atoms with Gasteiger partial charge in [0.25, 0.3) is 0 Å². The third-order valence-corrected chi connectivity index (χ3v) is 1.76. The molecule has 0 amide bonds. The minimum absolute atomic E-state index is 0.298. The van der Waals surface area contributed by atoms with Gasteiger partial charge in [0.05, 0.1) is 0 Å². The van der Waals surface area contributed by atoms with Gasteiger partial charge in [-0.15, -0.1) is 0 Å². The molecule has 4 nitrogen and oxygen atoms in total. The number of imidazole rings is 1. The van der Waals surface area contributed by atoms with Crippen molar-refractivity contribution in [3.63, 3.8) is 0 Å². The summed E-state index contributed by atoms with van der Waals surface area (Å²) in [5, 5.41) is 0.595. The number of rotatable bonds is 1. The van der Waals surface area contributed by atoms with Gasteiger partial charge in [0.2, 0.25) is 0 Å². The Morgan fingerprint density at radius 2 is 1.85 bits per heavy atom. The first-order chi connectivity index (χ1) is 6.25. The van der Waals surface area contributed by atoms with Crippen LogP contribution >= 0.6 is 23.2 Å². The first kappa shape index (κ1) is 8.47. The minimum atomic E-state index is 0.298. The monoisotopic (exact) mass is 214 g/mol. The summed E-state index contributed by atoms with van der Waals surface area (Å²) < 4.78 is 0. The third kappa shape index (κ3) is 1.79. The first-order valence-corrected chi connectivity index (χ1v) is 4.21. The molecular formula is C7H4Cl2N4. The molecule has 0 aliphatic heterocycles. The molecule has 0 aliphatic carbocycles. The zero-order chi connectivity index (χ0) is 9.26. The molecule has 0 unspecified atom stereocenters. The van der Waals surface area contributed by atoms with E-state index >= 15 is 0 Å². The maximum atomic E-state index is 5.69. The molecule has 0 fully saturated rings. The van der Waals surface area contributed by atoms with Gasteiger partial charge in [0, 0.05) is 18.5 Å². The van der Waals surface area contributed by atoms with Crippen molar-refractivity contribution in [2.75, 3.05) is 0 Å². The normalized spacial score (nSPS) is 10.3. The van der Waals surface area contributed by atoms with Gasteiger partial charge in [0.15, 0.2) is 11.6 Å². The van der Waals surface area contributed by atoms with Crippen LogP contribution in [-0.4, -0.2) is 19.9 Å². The van der Waals surface area contributed by atoms with Gasteiger partial charge in [-0.1, -0.05) is 23.2 Å². The summed E-state index contributed by atoms with van der Waals surface area (Å²) in [4.78, 5) is 14.7. The molecular weight excluding hydrogens is 211 g/mol. The van der Waals surface area contributed by atoms with Crippen molar-refractivity contribution in [3.8, 4) is 11.6 Å². The van der Waals surface area contributed by atoms with Crippen LogP contribution in [0, 0.1) is 0 Å². The van der Waals surface area contributed by atoms with Crippen molar-refractivity contribution in [1.82, 2.24) is 19.9 Å². The molecule has 66 valence electrons. The molecule has 2 rings (SSSR count). The Hall–Kier alpha value is -1.13. The van der Waals surface area contributed by atoms with Crippen LogP contribution in [0.3, 0.4) is 0 Å². The van der Waals surface area contributed by atoms with Crippen molar-refractivity contribution in [3.05, 3.63) is 28.8 Å². The lowest BCUT2D eigenvalue weighted by Crippen LogP contribution is -1.91. The van der Waals surface area contributed by atoms with Crippen LogP contribution in [0.1, 0.15) is 0 Å². The molecule has 0 atom stereocenters. The number of hydrogen-bond acceptors (Lipinski definition) is 3. The zero-order valence-corrected chi connectivity index (χ0v) is 7.84. The molecule has 0 aromatic carbocycles. The fourth-order valence-electron chi connectivity index (χ4n) is 0.884. The third-order valence-electron chi connectivity index (χ3n) is 1.37. The molecule has 0 aliphatic rings. The van der Waals surface area contributed by atoms with Crippen molar-refractivity contribution in [1.29, 1.82) is 0 Å². The highest BCUT2D eigenvalue weighted by molar-refractivity contribution is 6.33.